The Kier molecular flexibility index (Phi) is 5.56. The minimum Gasteiger partial charge on any atom is -0.459 e. The zero-order valence-corrected chi connectivity index (χ0v) is 16.5. The van der Waals surface area contributed by atoms with E-state index in [0.717, 1.165) is 41.8 Å². The molecule has 2 N–H and O–H groups in total. The van der Waals surface area contributed by atoms with E-state index in [2.05, 4.69) is 56.2 Å². The first-order chi connectivity index (χ1) is 12.4. The van der Waals surface area contributed by atoms with Gasteiger partial charge in [0.25, 0.3) is 0 Å². The molecule has 1 aromatic heterocycles. The number of hydrogen-bond acceptors (Lipinski definition) is 3. The van der Waals surface area contributed by atoms with E-state index in [-0.39, 0.29) is 24.0 Å². The number of hydrogen-bond donors (Lipinski definition) is 2. The molecule has 1 aromatic carbocycles. The average molecular weight is 357 g/mol. The zero-order valence-electron chi connectivity index (χ0n) is 16.5. The van der Waals surface area contributed by atoms with Crippen molar-refractivity contribution >= 4 is 17.0 Å². The second kappa shape index (κ2) is 7.70. The van der Waals surface area contributed by atoms with Gasteiger partial charge in [-0.05, 0) is 39.2 Å². The van der Waals surface area contributed by atoms with Crippen LogP contribution in [-0.4, -0.2) is 36.1 Å². The van der Waals surface area contributed by atoms with Crippen LogP contribution in [0.5, 0.6) is 0 Å². The lowest BCUT2D eigenvalue weighted by molar-refractivity contribution is 0.223. The highest BCUT2D eigenvalue weighted by atomic mass is 16.3. The van der Waals surface area contributed by atoms with Crippen molar-refractivity contribution in [2.45, 2.75) is 59.2 Å². The van der Waals surface area contributed by atoms with Gasteiger partial charge < -0.3 is 15.1 Å². The lowest BCUT2D eigenvalue weighted by Gasteiger charge is -2.24. The molecule has 26 heavy (non-hydrogen) atoms. The monoisotopic (exact) mass is 357 g/mol. The van der Waals surface area contributed by atoms with E-state index >= 15 is 0 Å². The summed E-state index contributed by atoms with van der Waals surface area (Å²) in [6, 6.07) is 8.49. The number of fused-ring (bicyclic) bond motifs is 1. The van der Waals surface area contributed by atoms with Crippen LogP contribution in [0.3, 0.4) is 0 Å². The highest BCUT2D eigenvalue weighted by molar-refractivity contribution is 5.82. The van der Waals surface area contributed by atoms with Gasteiger partial charge in [0.15, 0.2) is 0 Å². The Hall–Kier alpha value is -2.01. The standard InChI is InChI=1S/C21H31N3O2/c1-13(2)19(20-15(5)17-8-6-7-9-18(17)26-20)23-21(25)22-16-10-11-24(12-16)14(3)4/h6-9,13-14,16,19H,10-12H2,1-5H3,(H2,22,23,25)/t16?,19-/m0/s1. The third-order valence-corrected chi connectivity index (χ3v) is 5.40. The van der Waals surface area contributed by atoms with Gasteiger partial charge in [-0.15, -0.1) is 0 Å². The lowest BCUT2D eigenvalue weighted by Crippen LogP contribution is -2.46. The Labute approximate surface area is 156 Å². The van der Waals surface area contributed by atoms with Crippen LogP contribution in [0.15, 0.2) is 28.7 Å². The van der Waals surface area contributed by atoms with Gasteiger partial charge in [-0.1, -0.05) is 32.0 Å². The quantitative estimate of drug-likeness (QED) is 0.842. The number of likely N-dealkylation sites (tertiary alicyclic amines) is 1. The van der Waals surface area contributed by atoms with Gasteiger partial charge >= 0.3 is 6.03 Å². The number of carbonyl (C=O) groups excluding carboxylic acids is 1. The maximum Gasteiger partial charge on any atom is 0.315 e. The second-order valence-electron chi connectivity index (χ2n) is 8.00. The molecule has 0 bridgehead atoms. The summed E-state index contributed by atoms with van der Waals surface area (Å²) < 4.78 is 6.09. The Balaban J connectivity index is 1.70. The van der Waals surface area contributed by atoms with Crippen LogP contribution in [0, 0.1) is 12.8 Å². The van der Waals surface area contributed by atoms with Crippen molar-refractivity contribution < 1.29 is 9.21 Å². The fourth-order valence-corrected chi connectivity index (χ4v) is 3.77. The van der Waals surface area contributed by atoms with Gasteiger partial charge in [0.2, 0.25) is 0 Å². The lowest BCUT2D eigenvalue weighted by atomic mass is 9.98. The van der Waals surface area contributed by atoms with Crippen molar-refractivity contribution in [3.8, 4) is 0 Å². The molecule has 0 spiro atoms. The Bertz CT molecular complexity index is 766. The summed E-state index contributed by atoms with van der Waals surface area (Å²) >= 11 is 0. The molecule has 0 aliphatic carbocycles. The molecule has 0 radical (unpaired) electrons. The SMILES string of the molecule is Cc1c([C@@H](NC(=O)NC2CCN(C(C)C)C2)C(C)C)oc2ccccc12. The smallest absolute Gasteiger partial charge is 0.315 e. The largest absolute Gasteiger partial charge is 0.459 e. The first kappa shape index (κ1) is 18.8. The number of carbonyl (C=O) groups is 1. The number of urea groups is 1. The summed E-state index contributed by atoms with van der Waals surface area (Å²) in [7, 11) is 0. The predicted molar refractivity (Wildman–Crippen MR) is 105 cm³/mol. The van der Waals surface area contributed by atoms with Crippen LogP contribution in [0.25, 0.3) is 11.0 Å². The number of nitrogens with one attached hydrogen (secondary N) is 2. The summed E-state index contributed by atoms with van der Waals surface area (Å²) in [6.45, 7) is 12.6. The number of benzene rings is 1. The van der Waals surface area contributed by atoms with Gasteiger partial charge in [-0.25, -0.2) is 4.79 Å². The number of para-hydroxylation sites is 1. The summed E-state index contributed by atoms with van der Waals surface area (Å²) in [6.07, 6.45) is 1.00. The molecule has 142 valence electrons. The third-order valence-electron chi connectivity index (χ3n) is 5.40. The van der Waals surface area contributed by atoms with Gasteiger partial charge in [-0.3, -0.25) is 4.90 Å². The summed E-state index contributed by atoms with van der Waals surface area (Å²) in [5, 5.41) is 7.39. The number of aryl methyl sites for hydroxylation is 1. The molecular formula is C21H31N3O2. The minimum atomic E-state index is -0.148. The summed E-state index contributed by atoms with van der Waals surface area (Å²) in [5.74, 6) is 1.09. The fourth-order valence-electron chi connectivity index (χ4n) is 3.77. The number of amides is 2. The van der Waals surface area contributed by atoms with Crippen LogP contribution in [0.2, 0.25) is 0 Å². The molecular weight excluding hydrogens is 326 g/mol. The van der Waals surface area contributed by atoms with E-state index in [1.807, 2.05) is 18.2 Å². The molecule has 0 saturated carbocycles. The topological polar surface area (TPSA) is 57.5 Å². The highest BCUT2D eigenvalue weighted by Crippen LogP contribution is 2.32. The molecule has 5 heteroatoms. The number of nitrogens with zero attached hydrogens (tertiary/aromatic N) is 1. The molecule has 3 rings (SSSR count). The Morgan fingerprint density at radius 3 is 2.58 bits per heavy atom. The molecule has 1 unspecified atom stereocenters. The van der Waals surface area contributed by atoms with Crippen LogP contribution in [-0.2, 0) is 0 Å². The first-order valence-electron chi connectivity index (χ1n) is 9.66. The molecule has 1 aliphatic heterocycles. The van der Waals surface area contributed by atoms with Gasteiger partial charge in [-0.2, -0.15) is 0 Å². The normalized spacial score (nSPS) is 19.4. The number of rotatable bonds is 5. The van der Waals surface area contributed by atoms with Crippen molar-refractivity contribution in [2.24, 2.45) is 5.92 Å². The average Bonchev–Trinajstić information content (AvgIpc) is 3.18. The Morgan fingerprint density at radius 2 is 1.96 bits per heavy atom. The van der Waals surface area contributed by atoms with E-state index < -0.39 is 0 Å². The van der Waals surface area contributed by atoms with E-state index in [4.69, 9.17) is 4.42 Å². The molecule has 2 amide bonds. The van der Waals surface area contributed by atoms with Crippen molar-refractivity contribution in [2.75, 3.05) is 13.1 Å². The molecule has 5 nitrogen and oxygen atoms in total. The maximum absolute atomic E-state index is 12.6. The number of furan rings is 1. The van der Waals surface area contributed by atoms with Gasteiger partial charge in [0.05, 0.1) is 6.04 Å². The molecule has 1 aliphatic rings. The van der Waals surface area contributed by atoms with Crippen LogP contribution in [0.1, 0.15) is 51.5 Å². The van der Waals surface area contributed by atoms with E-state index in [9.17, 15) is 4.79 Å². The fraction of sp³-hybridized carbons (Fsp3) is 0.571. The van der Waals surface area contributed by atoms with Crippen molar-refractivity contribution in [3.63, 3.8) is 0 Å². The second-order valence-corrected chi connectivity index (χ2v) is 8.00. The van der Waals surface area contributed by atoms with Gasteiger partial charge in [0.1, 0.15) is 11.3 Å². The minimum absolute atomic E-state index is 0.112. The maximum atomic E-state index is 12.6. The van der Waals surface area contributed by atoms with Crippen LogP contribution in [0.4, 0.5) is 4.79 Å². The van der Waals surface area contributed by atoms with Gasteiger partial charge in [0, 0.05) is 36.1 Å². The van der Waals surface area contributed by atoms with E-state index in [1.54, 1.807) is 0 Å². The van der Waals surface area contributed by atoms with E-state index in [1.165, 1.54) is 0 Å². The Morgan fingerprint density at radius 1 is 1.23 bits per heavy atom. The molecule has 2 aromatic rings. The van der Waals surface area contributed by atoms with Crippen molar-refractivity contribution in [3.05, 3.63) is 35.6 Å². The van der Waals surface area contributed by atoms with Crippen LogP contribution >= 0.6 is 0 Å². The third kappa shape index (κ3) is 3.88. The molecule has 2 atom stereocenters. The first-order valence-corrected chi connectivity index (χ1v) is 9.66. The van der Waals surface area contributed by atoms with Crippen LogP contribution < -0.4 is 10.6 Å². The van der Waals surface area contributed by atoms with Crippen molar-refractivity contribution in [1.82, 2.24) is 15.5 Å². The van der Waals surface area contributed by atoms with E-state index in [0.29, 0.717) is 6.04 Å². The summed E-state index contributed by atoms with van der Waals surface area (Å²) in [5.41, 5.74) is 1.97. The molecule has 1 saturated heterocycles. The zero-order chi connectivity index (χ0) is 18.8. The predicted octanol–water partition coefficient (Wildman–Crippen LogP) is 4.22. The highest BCUT2D eigenvalue weighted by Gasteiger charge is 2.28. The molecule has 2 heterocycles. The van der Waals surface area contributed by atoms with Crippen molar-refractivity contribution in [1.29, 1.82) is 0 Å². The molecule has 1 fully saturated rings. The summed E-state index contributed by atoms with van der Waals surface area (Å²) in [4.78, 5) is 15.0.